The molecule has 0 aliphatic rings. The highest BCUT2D eigenvalue weighted by molar-refractivity contribution is 4.93. The van der Waals surface area contributed by atoms with Gasteiger partial charge in [0.2, 0.25) is 0 Å². The maximum Gasteiger partial charge on any atom is 0.0725 e. The van der Waals surface area contributed by atoms with Crippen LogP contribution in [-0.2, 0) is 13.0 Å². The monoisotopic (exact) mass is 237 g/mol. The molecule has 0 saturated carbocycles. The largest absolute Gasteiger partial charge is 0.249 e. The van der Waals surface area contributed by atoms with Crippen molar-refractivity contribution in [2.24, 2.45) is 5.92 Å². The Morgan fingerprint density at radius 1 is 1.18 bits per heavy atom. The highest BCUT2D eigenvalue weighted by Gasteiger charge is 2.03. The number of rotatable bonds is 9. The molecule has 0 saturated heterocycles. The minimum absolute atomic E-state index is 0.840. The van der Waals surface area contributed by atoms with Crippen molar-refractivity contribution < 1.29 is 0 Å². The summed E-state index contributed by atoms with van der Waals surface area (Å²) in [6, 6.07) is 0. The van der Waals surface area contributed by atoms with Gasteiger partial charge in [0.1, 0.15) is 0 Å². The Morgan fingerprint density at radius 3 is 2.71 bits per heavy atom. The minimum Gasteiger partial charge on any atom is -0.249 e. The van der Waals surface area contributed by atoms with E-state index >= 15 is 0 Å². The molecule has 1 heterocycles. The average molecular weight is 237 g/mol. The molecule has 0 atom stereocenters. The molecule has 0 spiro atoms. The van der Waals surface area contributed by atoms with E-state index in [9.17, 15) is 0 Å². The first-order chi connectivity index (χ1) is 8.24. The Hall–Kier alpha value is -0.860. The number of aryl methyl sites for hydroxylation is 2. The van der Waals surface area contributed by atoms with E-state index in [1.807, 2.05) is 6.20 Å². The second kappa shape index (κ2) is 8.26. The molecule has 98 valence electrons. The van der Waals surface area contributed by atoms with Crippen molar-refractivity contribution in [3.8, 4) is 0 Å². The summed E-state index contributed by atoms with van der Waals surface area (Å²) in [6.45, 7) is 7.83. The van der Waals surface area contributed by atoms with E-state index in [1.54, 1.807) is 0 Å². The molecule has 0 aromatic carbocycles. The van der Waals surface area contributed by atoms with Crippen LogP contribution in [0.25, 0.3) is 0 Å². The van der Waals surface area contributed by atoms with E-state index < -0.39 is 0 Å². The normalized spacial score (nSPS) is 11.3. The van der Waals surface area contributed by atoms with E-state index in [-0.39, 0.29) is 0 Å². The lowest BCUT2D eigenvalue weighted by Crippen LogP contribution is -2.05. The first-order valence-electron chi connectivity index (χ1n) is 7.11. The summed E-state index contributed by atoms with van der Waals surface area (Å²) < 4.78 is 2.08. The van der Waals surface area contributed by atoms with Gasteiger partial charge < -0.3 is 0 Å². The fraction of sp³-hybridized carbons (Fsp3) is 0.857. The van der Waals surface area contributed by atoms with Gasteiger partial charge in [-0.3, -0.25) is 0 Å². The average Bonchev–Trinajstić information content (AvgIpc) is 2.73. The molecule has 0 N–H and O–H groups in total. The summed E-state index contributed by atoms with van der Waals surface area (Å²) in [6.07, 6.45) is 10.8. The van der Waals surface area contributed by atoms with Gasteiger partial charge in [-0.25, -0.2) is 4.68 Å². The van der Waals surface area contributed by atoms with Gasteiger partial charge in [-0.05, 0) is 25.2 Å². The molecular formula is C14H27N3. The lowest BCUT2D eigenvalue weighted by atomic mass is 10.0. The molecule has 0 aliphatic heterocycles. The van der Waals surface area contributed by atoms with Gasteiger partial charge in [-0.1, -0.05) is 51.7 Å². The molecule has 0 aliphatic carbocycles. The van der Waals surface area contributed by atoms with Crippen LogP contribution in [0.15, 0.2) is 6.20 Å². The lowest BCUT2D eigenvalue weighted by Gasteiger charge is -2.06. The third kappa shape index (κ3) is 5.85. The number of hydrogen-bond acceptors (Lipinski definition) is 2. The van der Waals surface area contributed by atoms with Crippen LogP contribution in [0.3, 0.4) is 0 Å². The molecular weight excluding hydrogens is 210 g/mol. The summed E-state index contributed by atoms with van der Waals surface area (Å²) in [5.41, 5.74) is 1.31. The molecule has 1 aromatic rings. The summed E-state index contributed by atoms with van der Waals surface area (Å²) in [7, 11) is 0. The molecule has 3 heteroatoms. The summed E-state index contributed by atoms with van der Waals surface area (Å²) >= 11 is 0. The topological polar surface area (TPSA) is 30.7 Å². The van der Waals surface area contributed by atoms with Crippen LogP contribution in [-0.4, -0.2) is 15.0 Å². The van der Waals surface area contributed by atoms with Crippen molar-refractivity contribution in [1.29, 1.82) is 0 Å². The van der Waals surface area contributed by atoms with E-state index in [2.05, 4.69) is 35.8 Å². The van der Waals surface area contributed by atoms with Crippen molar-refractivity contribution in [2.45, 2.75) is 72.3 Å². The van der Waals surface area contributed by atoms with Gasteiger partial charge in [0.15, 0.2) is 0 Å². The third-order valence-electron chi connectivity index (χ3n) is 3.14. The zero-order valence-corrected chi connectivity index (χ0v) is 11.7. The van der Waals surface area contributed by atoms with Crippen molar-refractivity contribution >= 4 is 0 Å². The van der Waals surface area contributed by atoms with Crippen molar-refractivity contribution in [1.82, 2.24) is 15.0 Å². The van der Waals surface area contributed by atoms with Crippen LogP contribution in [0.4, 0.5) is 0 Å². The third-order valence-corrected chi connectivity index (χ3v) is 3.14. The van der Waals surface area contributed by atoms with Gasteiger partial charge in [0.25, 0.3) is 0 Å². The van der Waals surface area contributed by atoms with Crippen LogP contribution < -0.4 is 0 Å². The van der Waals surface area contributed by atoms with Crippen LogP contribution >= 0.6 is 0 Å². The molecule has 1 aromatic heterocycles. The first-order valence-corrected chi connectivity index (χ1v) is 7.11. The van der Waals surface area contributed by atoms with Crippen LogP contribution in [0, 0.1) is 5.92 Å². The fourth-order valence-electron chi connectivity index (χ4n) is 2.00. The SMILES string of the molecule is CCCCn1nncc1CCCCCC(C)C. The Bertz CT molecular complexity index is 291. The van der Waals surface area contributed by atoms with E-state index in [0.29, 0.717) is 0 Å². The first kappa shape index (κ1) is 14.2. The molecule has 0 unspecified atom stereocenters. The van der Waals surface area contributed by atoms with E-state index in [1.165, 1.54) is 44.2 Å². The molecule has 17 heavy (non-hydrogen) atoms. The van der Waals surface area contributed by atoms with E-state index in [0.717, 1.165) is 18.9 Å². The highest BCUT2D eigenvalue weighted by atomic mass is 15.4. The highest BCUT2D eigenvalue weighted by Crippen LogP contribution is 2.11. The zero-order valence-electron chi connectivity index (χ0n) is 11.7. The predicted molar refractivity (Wildman–Crippen MR) is 71.9 cm³/mol. The zero-order chi connectivity index (χ0) is 12.5. The number of aromatic nitrogens is 3. The van der Waals surface area contributed by atoms with Gasteiger partial charge in [0, 0.05) is 6.54 Å². The number of nitrogens with zero attached hydrogens (tertiary/aromatic N) is 3. The van der Waals surface area contributed by atoms with Crippen LogP contribution in [0.1, 0.15) is 65.0 Å². The molecule has 0 fully saturated rings. The maximum atomic E-state index is 4.15. The predicted octanol–water partition coefficient (Wildman–Crippen LogP) is 3.84. The Morgan fingerprint density at radius 2 is 2.00 bits per heavy atom. The number of hydrogen-bond donors (Lipinski definition) is 0. The van der Waals surface area contributed by atoms with Crippen molar-refractivity contribution in [3.05, 3.63) is 11.9 Å². The molecule has 1 rings (SSSR count). The molecule has 3 nitrogen and oxygen atoms in total. The molecule has 0 radical (unpaired) electrons. The van der Waals surface area contributed by atoms with Crippen molar-refractivity contribution in [2.75, 3.05) is 0 Å². The summed E-state index contributed by atoms with van der Waals surface area (Å²) in [5, 5.41) is 8.16. The second-order valence-electron chi connectivity index (χ2n) is 5.30. The summed E-state index contributed by atoms with van der Waals surface area (Å²) in [5.74, 6) is 0.840. The smallest absolute Gasteiger partial charge is 0.0725 e. The quantitative estimate of drug-likeness (QED) is 0.611. The fourth-order valence-corrected chi connectivity index (χ4v) is 2.00. The molecule has 0 amide bonds. The Kier molecular flexibility index (Phi) is 6.90. The Balaban J connectivity index is 2.19. The minimum atomic E-state index is 0.840. The van der Waals surface area contributed by atoms with E-state index in [4.69, 9.17) is 0 Å². The Labute approximate surface area is 106 Å². The summed E-state index contributed by atoms with van der Waals surface area (Å²) in [4.78, 5) is 0. The standard InChI is InChI=1S/C14H27N3/c1-4-5-11-17-14(12-15-16-17)10-8-6-7-9-13(2)3/h12-13H,4-11H2,1-3H3. The lowest BCUT2D eigenvalue weighted by molar-refractivity contribution is 0.507. The van der Waals surface area contributed by atoms with Gasteiger partial charge in [-0.2, -0.15) is 0 Å². The van der Waals surface area contributed by atoms with Gasteiger partial charge >= 0.3 is 0 Å². The van der Waals surface area contributed by atoms with Crippen LogP contribution in [0.2, 0.25) is 0 Å². The molecule has 0 bridgehead atoms. The van der Waals surface area contributed by atoms with Crippen molar-refractivity contribution in [3.63, 3.8) is 0 Å². The maximum absolute atomic E-state index is 4.15. The van der Waals surface area contributed by atoms with Crippen LogP contribution in [0.5, 0.6) is 0 Å². The number of unbranched alkanes of at least 4 members (excludes halogenated alkanes) is 3. The van der Waals surface area contributed by atoms with Gasteiger partial charge in [0.05, 0.1) is 11.9 Å². The second-order valence-corrected chi connectivity index (χ2v) is 5.30. The van der Waals surface area contributed by atoms with Gasteiger partial charge in [-0.15, -0.1) is 5.10 Å².